The highest BCUT2D eigenvalue weighted by atomic mass is 16.5. The molecule has 2 atom stereocenters. The van der Waals surface area contributed by atoms with E-state index in [1.165, 1.54) is 12.8 Å². The zero-order valence-electron chi connectivity index (χ0n) is 10.6. The molecule has 1 saturated heterocycles. The van der Waals surface area contributed by atoms with Crippen molar-refractivity contribution in [2.75, 3.05) is 0 Å². The minimum absolute atomic E-state index is 0.202. The molecule has 1 fully saturated rings. The Hall–Kier alpha value is -0.0800. The molecule has 0 saturated carbocycles. The third-order valence-corrected chi connectivity index (χ3v) is 3.62. The lowest BCUT2D eigenvalue weighted by Crippen LogP contribution is -2.44. The van der Waals surface area contributed by atoms with Crippen LogP contribution in [-0.4, -0.2) is 22.9 Å². The fourth-order valence-electron chi connectivity index (χ4n) is 2.93. The molecule has 1 aliphatic heterocycles. The number of aliphatic hydroxyl groups is 1. The van der Waals surface area contributed by atoms with Crippen LogP contribution in [0.1, 0.15) is 59.8 Å². The van der Waals surface area contributed by atoms with Crippen LogP contribution in [0.4, 0.5) is 0 Å². The molecule has 1 heterocycles. The van der Waals surface area contributed by atoms with Crippen LogP contribution in [0.25, 0.3) is 0 Å². The predicted molar refractivity (Wildman–Crippen MR) is 62.9 cm³/mol. The molecule has 0 aromatic carbocycles. The number of ether oxygens (including phenoxy) is 1. The van der Waals surface area contributed by atoms with Crippen LogP contribution in [0, 0.1) is 5.92 Å². The second kappa shape index (κ2) is 5.31. The number of hydrogen-bond donors (Lipinski definition) is 1. The minimum atomic E-state index is -0.478. The Morgan fingerprint density at radius 3 is 2.07 bits per heavy atom. The van der Waals surface area contributed by atoms with E-state index in [0.717, 1.165) is 19.3 Å². The number of hydrogen-bond acceptors (Lipinski definition) is 2. The van der Waals surface area contributed by atoms with Crippen LogP contribution in [0.2, 0.25) is 0 Å². The van der Waals surface area contributed by atoms with E-state index < -0.39 is 5.60 Å². The SMILES string of the molecule is CCC(CC)CC1(O)CC(C)OC(C)C1. The Labute approximate surface area is 94.0 Å². The van der Waals surface area contributed by atoms with E-state index in [-0.39, 0.29) is 12.2 Å². The van der Waals surface area contributed by atoms with Gasteiger partial charge in [-0.25, -0.2) is 0 Å². The van der Waals surface area contributed by atoms with Gasteiger partial charge < -0.3 is 9.84 Å². The van der Waals surface area contributed by atoms with Crippen LogP contribution in [-0.2, 0) is 4.74 Å². The normalized spacial score (nSPS) is 37.2. The topological polar surface area (TPSA) is 29.5 Å². The Bertz CT molecular complexity index is 177. The third kappa shape index (κ3) is 3.76. The molecule has 1 N–H and O–H groups in total. The van der Waals surface area contributed by atoms with Crippen LogP contribution in [0.5, 0.6) is 0 Å². The van der Waals surface area contributed by atoms with Crippen molar-refractivity contribution in [1.82, 2.24) is 0 Å². The summed E-state index contributed by atoms with van der Waals surface area (Å²) < 4.78 is 5.67. The molecule has 2 nitrogen and oxygen atoms in total. The molecule has 0 bridgehead atoms. The van der Waals surface area contributed by atoms with E-state index >= 15 is 0 Å². The zero-order chi connectivity index (χ0) is 11.5. The maximum atomic E-state index is 10.6. The van der Waals surface area contributed by atoms with Gasteiger partial charge in [-0.2, -0.15) is 0 Å². The van der Waals surface area contributed by atoms with Crippen LogP contribution < -0.4 is 0 Å². The highest BCUT2D eigenvalue weighted by Crippen LogP contribution is 2.35. The van der Waals surface area contributed by atoms with Crippen molar-refractivity contribution < 1.29 is 9.84 Å². The Morgan fingerprint density at radius 2 is 1.67 bits per heavy atom. The summed E-state index contributed by atoms with van der Waals surface area (Å²) >= 11 is 0. The first kappa shape index (κ1) is 13.0. The predicted octanol–water partition coefficient (Wildman–Crippen LogP) is 3.13. The van der Waals surface area contributed by atoms with E-state index in [0.29, 0.717) is 5.92 Å². The largest absolute Gasteiger partial charge is 0.390 e. The van der Waals surface area contributed by atoms with E-state index in [2.05, 4.69) is 27.7 Å². The second-order valence-corrected chi connectivity index (χ2v) is 5.28. The van der Waals surface area contributed by atoms with Gasteiger partial charge in [0.1, 0.15) is 0 Å². The maximum Gasteiger partial charge on any atom is 0.0699 e. The molecule has 90 valence electrons. The van der Waals surface area contributed by atoms with Gasteiger partial charge in [0, 0.05) is 12.8 Å². The van der Waals surface area contributed by atoms with Crippen molar-refractivity contribution in [3.05, 3.63) is 0 Å². The standard InChI is InChI=1S/C13H26O2/c1-5-12(6-2)9-13(14)7-10(3)15-11(4)8-13/h10-12,14H,5-9H2,1-4H3. The van der Waals surface area contributed by atoms with Gasteiger partial charge >= 0.3 is 0 Å². The molecule has 1 aliphatic rings. The third-order valence-electron chi connectivity index (χ3n) is 3.62. The zero-order valence-corrected chi connectivity index (χ0v) is 10.6. The molecule has 0 aliphatic carbocycles. The van der Waals surface area contributed by atoms with Gasteiger partial charge in [-0.15, -0.1) is 0 Å². The van der Waals surface area contributed by atoms with Crippen molar-refractivity contribution in [3.8, 4) is 0 Å². The molecule has 0 aromatic rings. The summed E-state index contributed by atoms with van der Waals surface area (Å²) in [5.41, 5.74) is -0.478. The molecule has 2 heteroatoms. The van der Waals surface area contributed by atoms with Crippen molar-refractivity contribution in [1.29, 1.82) is 0 Å². The van der Waals surface area contributed by atoms with E-state index in [9.17, 15) is 5.11 Å². The molecule has 1 rings (SSSR count). The molecule has 0 radical (unpaired) electrons. The van der Waals surface area contributed by atoms with Crippen molar-refractivity contribution >= 4 is 0 Å². The summed E-state index contributed by atoms with van der Waals surface area (Å²) in [6.45, 7) is 8.55. The average molecular weight is 214 g/mol. The summed E-state index contributed by atoms with van der Waals surface area (Å²) in [6, 6.07) is 0. The average Bonchev–Trinajstić information content (AvgIpc) is 2.12. The maximum absolute atomic E-state index is 10.6. The van der Waals surface area contributed by atoms with Crippen molar-refractivity contribution in [2.45, 2.75) is 77.6 Å². The second-order valence-electron chi connectivity index (χ2n) is 5.28. The molecular weight excluding hydrogens is 188 g/mol. The molecule has 0 amide bonds. The Morgan fingerprint density at radius 1 is 1.20 bits per heavy atom. The highest BCUT2D eigenvalue weighted by molar-refractivity contribution is 4.88. The van der Waals surface area contributed by atoms with Crippen molar-refractivity contribution in [3.63, 3.8) is 0 Å². The molecule has 15 heavy (non-hydrogen) atoms. The fraction of sp³-hybridized carbons (Fsp3) is 1.00. The first-order chi connectivity index (χ1) is 6.99. The van der Waals surface area contributed by atoms with E-state index in [1.807, 2.05) is 0 Å². The van der Waals surface area contributed by atoms with Gasteiger partial charge in [0.15, 0.2) is 0 Å². The number of rotatable bonds is 4. The van der Waals surface area contributed by atoms with Gasteiger partial charge in [-0.1, -0.05) is 26.7 Å². The molecule has 2 unspecified atom stereocenters. The Kier molecular flexibility index (Phi) is 4.60. The first-order valence-corrected chi connectivity index (χ1v) is 6.37. The van der Waals surface area contributed by atoms with Crippen LogP contribution in [0.15, 0.2) is 0 Å². The molecular formula is C13H26O2. The van der Waals surface area contributed by atoms with Gasteiger partial charge in [0.25, 0.3) is 0 Å². The lowest BCUT2D eigenvalue weighted by atomic mass is 9.79. The van der Waals surface area contributed by atoms with Crippen molar-refractivity contribution in [2.24, 2.45) is 5.92 Å². The summed E-state index contributed by atoms with van der Waals surface area (Å²) in [4.78, 5) is 0. The van der Waals surface area contributed by atoms with Gasteiger partial charge in [-0.3, -0.25) is 0 Å². The van der Waals surface area contributed by atoms with Gasteiger partial charge in [0.2, 0.25) is 0 Å². The van der Waals surface area contributed by atoms with E-state index in [4.69, 9.17) is 4.74 Å². The summed E-state index contributed by atoms with van der Waals surface area (Å²) in [5.74, 6) is 0.660. The first-order valence-electron chi connectivity index (χ1n) is 6.37. The minimum Gasteiger partial charge on any atom is -0.390 e. The van der Waals surface area contributed by atoms with Gasteiger partial charge in [-0.05, 0) is 26.2 Å². The molecule has 0 spiro atoms. The van der Waals surface area contributed by atoms with Gasteiger partial charge in [0.05, 0.1) is 17.8 Å². The van der Waals surface area contributed by atoms with Crippen LogP contribution in [0.3, 0.4) is 0 Å². The quantitative estimate of drug-likeness (QED) is 0.779. The monoisotopic (exact) mass is 214 g/mol. The summed E-state index contributed by atoms with van der Waals surface area (Å²) in [7, 11) is 0. The summed E-state index contributed by atoms with van der Waals surface area (Å²) in [5, 5.41) is 10.6. The van der Waals surface area contributed by atoms with Crippen LogP contribution >= 0.6 is 0 Å². The lowest BCUT2D eigenvalue weighted by molar-refractivity contribution is -0.139. The Balaban J connectivity index is 2.56. The summed E-state index contributed by atoms with van der Waals surface area (Å²) in [6.07, 6.45) is 5.28. The highest BCUT2D eigenvalue weighted by Gasteiger charge is 2.37. The fourth-order valence-corrected chi connectivity index (χ4v) is 2.93. The van der Waals surface area contributed by atoms with E-state index in [1.54, 1.807) is 0 Å². The molecule has 0 aromatic heterocycles. The lowest BCUT2D eigenvalue weighted by Gasteiger charge is -2.40. The smallest absolute Gasteiger partial charge is 0.0699 e.